The number of thiophene rings is 1. The van der Waals surface area contributed by atoms with Crippen molar-refractivity contribution in [2.75, 3.05) is 18.1 Å². The number of hydrogen-bond donors (Lipinski definition) is 0. The molecule has 0 spiro atoms. The average molecular weight is 532 g/mol. The van der Waals surface area contributed by atoms with Crippen molar-refractivity contribution in [1.29, 1.82) is 0 Å². The summed E-state index contributed by atoms with van der Waals surface area (Å²) >= 11 is 2.53. The highest BCUT2D eigenvalue weighted by Crippen LogP contribution is 2.35. The molecular weight excluding hydrogens is 506 g/mol. The molecule has 4 aromatic rings. The normalized spacial score (nSPS) is 17.0. The van der Waals surface area contributed by atoms with Gasteiger partial charge in [0.25, 0.3) is 10.0 Å². The van der Waals surface area contributed by atoms with Crippen LogP contribution in [0.2, 0.25) is 0 Å². The number of hydrogen-bond acceptors (Lipinski definition) is 8. The summed E-state index contributed by atoms with van der Waals surface area (Å²) in [6, 6.07) is 11.7. The van der Waals surface area contributed by atoms with Crippen molar-refractivity contribution < 1.29 is 22.4 Å². The van der Waals surface area contributed by atoms with E-state index in [0.717, 1.165) is 33.7 Å². The van der Waals surface area contributed by atoms with Gasteiger partial charge in [-0.25, -0.2) is 13.4 Å². The lowest BCUT2D eigenvalue weighted by atomic mass is 10.0. The van der Waals surface area contributed by atoms with E-state index < -0.39 is 16.1 Å². The minimum Gasteiger partial charge on any atom is -0.494 e. The Bertz CT molecular complexity index is 1400. The minimum absolute atomic E-state index is 0.160. The summed E-state index contributed by atoms with van der Waals surface area (Å²) < 4.78 is 40.4. The van der Waals surface area contributed by atoms with Gasteiger partial charge in [0.2, 0.25) is 5.91 Å². The molecule has 0 radical (unpaired) electrons. The zero-order chi connectivity index (χ0) is 24.4. The van der Waals surface area contributed by atoms with Gasteiger partial charge in [-0.15, -0.1) is 11.3 Å². The molecule has 1 atom stereocenters. The van der Waals surface area contributed by atoms with Crippen LogP contribution in [0, 0.1) is 0 Å². The standard InChI is InChI=1S/C24H25N3O5S3/c1-2-31-17-10-11-19-21(15-17)34-24(25-19)26(16-18-7-5-13-32-18)23(28)20-8-3-4-12-27(20)35(29,30)22-9-6-14-33-22/h5-7,9-11,13-15,20H,2-4,8,12,16H2,1H3. The fourth-order valence-corrected chi connectivity index (χ4v) is 7.98. The summed E-state index contributed by atoms with van der Waals surface area (Å²) in [6.07, 6.45) is 3.50. The lowest BCUT2D eigenvalue weighted by Crippen LogP contribution is -2.52. The third-order valence-corrected chi connectivity index (χ3v) is 10.2. The first-order valence-corrected chi connectivity index (χ1v) is 14.5. The summed E-state index contributed by atoms with van der Waals surface area (Å²) in [6.45, 7) is 2.94. The second-order valence-electron chi connectivity index (χ2n) is 8.12. The van der Waals surface area contributed by atoms with Gasteiger partial charge in [-0.3, -0.25) is 9.69 Å². The molecule has 1 aromatic carbocycles. The Labute approximate surface area is 211 Å². The van der Waals surface area contributed by atoms with Crippen LogP contribution < -0.4 is 9.64 Å². The molecule has 3 aromatic heterocycles. The van der Waals surface area contributed by atoms with Crippen molar-refractivity contribution in [2.45, 2.75) is 43.0 Å². The molecule has 0 N–H and O–H groups in total. The first kappa shape index (κ1) is 24.0. The Hall–Kier alpha value is -2.73. The molecule has 1 aliphatic rings. The van der Waals surface area contributed by atoms with E-state index in [2.05, 4.69) is 0 Å². The van der Waals surface area contributed by atoms with E-state index in [0.29, 0.717) is 36.9 Å². The van der Waals surface area contributed by atoms with E-state index in [1.807, 2.05) is 25.1 Å². The Kier molecular flexibility index (Phi) is 6.92. The van der Waals surface area contributed by atoms with Crippen LogP contribution in [0.15, 0.2) is 62.7 Å². The van der Waals surface area contributed by atoms with Crippen LogP contribution in [0.1, 0.15) is 31.9 Å². The molecule has 0 bridgehead atoms. The number of benzene rings is 1. The SMILES string of the molecule is CCOc1ccc2nc(N(Cc3ccco3)C(=O)C3CCCCN3S(=O)(=O)c3cccs3)sc2c1. The van der Waals surface area contributed by atoms with E-state index in [1.165, 1.54) is 15.6 Å². The van der Waals surface area contributed by atoms with Gasteiger partial charge in [0.15, 0.2) is 5.13 Å². The fourth-order valence-electron chi connectivity index (χ4n) is 4.21. The monoisotopic (exact) mass is 531 g/mol. The predicted molar refractivity (Wildman–Crippen MR) is 137 cm³/mol. The first-order valence-electron chi connectivity index (χ1n) is 11.4. The molecule has 1 unspecified atom stereocenters. The maximum Gasteiger partial charge on any atom is 0.253 e. The second-order valence-corrected chi connectivity index (χ2v) is 12.2. The smallest absolute Gasteiger partial charge is 0.253 e. The molecule has 8 nitrogen and oxygen atoms in total. The third-order valence-electron chi connectivity index (χ3n) is 5.85. The van der Waals surface area contributed by atoms with Crippen LogP contribution in [0.5, 0.6) is 5.75 Å². The maximum absolute atomic E-state index is 14.0. The summed E-state index contributed by atoms with van der Waals surface area (Å²) in [7, 11) is -3.78. The summed E-state index contributed by atoms with van der Waals surface area (Å²) in [4.78, 5) is 20.3. The number of aromatic nitrogens is 1. The molecule has 5 rings (SSSR count). The molecule has 4 heterocycles. The lowest BCUT2D eigenvalue weighted by molar-refractivity contribution is -0.123. The van der Waals surface area contributed by atoms with Gasteiger partial charge in [-0.1, -0.05) is 23.8 Å². The number of sulfonamides is 1. The highest BCUT2D eigenvalue weighted by Gasteiger charge is 2.41. The van der Waals surface area contributed by atoms with Crippen LogP contribution in [-0.4, -0.2) is 42.8 Å². The van der Waals surface area contributed by atoms with Crippen molar-refractivity contribution >= 4 is 54.0 Å². The van der Waals surface area contributed by atoms with E-state index in [-0.39, 0.29) is 16.7 Å². The van der Waals surface area contributed by atoms with Crippen molar-refractivity contribution in [3.8, 4) is 5.75 Å². The van der Waals surface area contributed by atoms with E-state index in [4.69, 9.17) is 14.1 Å². The second kappa shape index (κ2) is 10.1. The number of thiazole rings is 1. The van der Waals surface area contributed by atoms with E-state index in [9.17, 15) is 13.2 Å². The van der Waals surface area contributed by atoms with Gasteiger partial charge in [0.1, 0.15) is 21.8 Å². The molecule has 35 heavy (non-hydrogen) atoms. The van der Waals surface area contributed by atoms with Crippen molar-refractivity contribution in [1.82, 2.24) is 9.29 Å². The van der Waals surface area contributed by atoms with Crippen molar-refractivity contribution in [2.24, 2.45) is 0 Å². The highest BCUT2D eigenvalue weighted by atomic mass is 32.2. The third kappa shape index (κ3) is 4.86. The van der Waals surface area contributed by atoms with Crippen molar-refractivity contribution in [3.05, 3.63) is 59.9 Å². The van der Waals surface area contributed by atoms with Gasteiger partial charge in [-0.2, -0.15) is 4.31 Å². The van der Waals surface area contributed by atoms with Crippen LogP contribution >= 0.6 is 22.7 Å². The van der Waals surface area contributed by atoms with E-state index >= 15 is 0 Å². The number of carbonyl (C=O) groups excluding carboxylic acids is 1. The molecule has 184 valence electrons. The number of rotatable bonds is 8. The molecule has 1 aliphatic heterocycles. The number of ether oxygens (including phenoxy) is 1. The van der Waals surface area contributed by atoms with Crippen LogP contribution in [0.3, 0.4) is 0 Å². The number of fused-ring (bicyclic) bond motifs is 1. The topological polar surface area (TPSA) is 92.9 Å². The van der Waals surface area contributed by atoms with Gasteiger partial charge >= 0.3 is 0 Å². The van der Waals surface area contributed by atoms with E-state index in [1.54, 1.807) is 40.8 Å². The number of nitrogens with zero attached hydrogens (tertiary/aromatic N) is 3. The molecule has 1 amide bonds. The molecule has 1 saturated heterocycles. The van der Waals surface area contributed by atoms with Crippen LogP contribution in [0.25, 0.3) is 10.2 Å². The molecule has 0 saturated carbocycles. The maximum atomic E-state index is 14.0. The van der Waals surface area contributed by atoms with Gasteiger partial charge in [0.05, 0.1) is 29.6 Å². The highest BCUT2D eigenvalue weighted by molar-refractivity contribution is 7.91. The Balaban J connectivity index is 1.52. The largest absolute Gasteiger partial charge is 0.494 e. The van der Waals surface area contributed by atoms with Gasteiger partial charge in [0, 0.05) is 6.54 Å². The zero-order valence-electron chi connectivity index (χ0n) is 19.1. The Morgan fingerprint density at radius 2 is 2.14 bits per heavy atom. The number of amides is 1. The van der Waals surface area contributed by atoms with Gasteiger partial charge < -0.3 is 9.15 Å². The number of carbonyl (C=O) groups is 1. The quantitative estimate of drug-likeness (QED) is 0.313. The minimum atomic E-state index is -3.78. The number of furan rings is 1. The molecule has 1 fully saturated rings. The number of anilines is 1. The average Bonchev–Trinajstić information content (AvgIpc) is 3.64. The molecular formula is C24H25N3O5S3. The Morgan fingerprint density at radius 1 is 1.26 bits per heavy atom. The zero-order valence-corrected chi connectivity index (χ0v) is 21.6. The van der Waals surface area contributed by atoms with Gasteiger partial charge in [-0.05, 0) is 61.5 Å². The summed E-state index contributed by atoms with van der Waals surface area (Å²) in [5, 5.41) is 2.23. The Morgan fingerprint density at radius 3 is 2.89 bits per heavy atom. The molecule has 11 heteroatoms. The number of piperidine rings is 1. The fraction of sp³-hybridized carbons (Fsp3) is 0.333. The summed E-state index contributed by atoms with van der Waals surface area (Å²) in [5.41, 5.74) is 0.748. The summed E-state index contributed by atoms with van der Waals surface area (Å²) in [5.74, 6) is 1.03. The first-order chi connectivity index (χ1) is 17.0. The van der Waals surface area contributed by atoms with Crippen LogP contribution in [0.4, 0.5) is 5.13 Å². The van der Waals surface area contributed by atoms with Crippen LogP contribution in [-0.2, 0) is 21.4 Å². The predicted octanol–water partition coefficient (Wildman–Crippen LogP) is 5.13. The lowest BCUT2D eigenvalue weighted by Gasteiger charge is -2.35. The molecule has 0 aliphatic carbocycles. The van der Waals surface area contributed by atoms with Crippen molar-refractivity contribution in [3.63, 3.8) is 0 Å².